The summed E-state index contributed by atoms with van der Waals surface area (Å²) in [5.74, 6) is 0.288. The molecule has 0 bridgehead atoms. The molecule has 0 aromatic heterocycles. The first-order chi connectivity index (χ1) is 14.4. The molecule has 0 aliphatic carbocycles. The Morgan fingerprint density at radius 2 is 1.60 bits per heavy atom. The van der Waals surface area contributed by atoms with E-state index in [0.717, 1.165) is 10.0 Å². The Morgan fingerprint density at radius 1 is 1.00 bits per heavy atom. The van der Waals surface area contributed by atoms with Crippen molar-refractivity contribution in [2.45, 2.75) is 13.5 Å². The Morgan fingerprint density at radius 3 is 2.20 bits per heavy atom. The lowest BCUT2D eigenvalue weighted by molar-refractivity contribution is -0.384. The van der Waals surface area contributed by atoms with Gasteiger partial charge in [0.25, 0.3) is 11.6 Å². The number of hydrogen-bond acceptors (Lipinski definition) is 5. The van der Waals surface area contributed by atoms with E-state index in [4.69, 9.17) is 4.74 Å². The Bertz CT molecular complexity index is 1060. The van der Waals surface area contributed by atoms with Crippen LogP contribution in [-0.4, -0.2) is 16.5 Å². The van der Waals surface area contributed by atoms with Crippen LogP contribution >= 0.6 is 15.9 Å². The molecule has 0 unspecified atom stereocenters. The number of non-ortho nitro benzene ring substituents is 1. The van der Waals surface area contributed by atoms with Gasteiger partial charge in [0, 0.05) is 22.2 Å². The number of nitro groups is 1. The molecule has 0 saturated carbocycles. The van der Waals surface area contributed by atoms with Gasteiger partial charge in [0.1, 0.15) is 12.4 Å². The van der Waals surface area contributed by atoms with Gasteiger partial charge < -0.3 is 4.74 Å². The van der Waals surface area contributed by atoms with E-state index in [1.54, 1.807) is 43.3 Å². The molecule has 8 heteroatoms. The number of amides is 1. The molecule has 152 valence electrons. The number of carbonyl (C=O) groups is 1. The summed E-state index contributed by atoms with van der Waals surface area (Å²) >= 11 is 3.39. The fraction of sp³-hybridized carbons (Fsp3) is 0.0909. The van der Waals surface area contributed by atoms with Gasteiger partial charge in [0.15, 0.2) is 0 Å². The number of nitro benzene ring substituents is 1. The number of ether oxygens (including phenoxy) is 1. The minimum atomic E-state index is -0.468. The fourth-order valence-electron chi connectivity index (χ4n) is 2.54. The smallest absolute Gasteiger partial charge is 0.271 e. The van der Waals surface area contributed by atoms with E-state index in [9.17, 15) is 14.9 Å². The maximum Gasteiger partial charge on any atom is 0.271 e. The third-order valence-corrected chi connectivity index (χ3v) is 4.78. The first-order valence-electron chi connectivity index (χ1n) is 8.99. The van der Waals surface area contributed by atoms with Crippen LogP contribution in [-0.2, 0) is 6.61 Å². The van der Waals surface area contributed by atoms with Gasteiger partial charge in [0.2, 0.25) is 0 Å². The van der Waals surface area contributed by atoms with Gasteiger partial charge >= 0.3 is 0 Å². The second-order valence-corrected chi connectivity index (χ2v) is 7.30. The summed E-state index contributed by atoms with van der Waals surface area (Å²) in [6.45, 7) is 2.14. The van der Waals surface area contributed by atoms with Crippen LogP contribution in [0.15, 0.2) is 82.4 Å². The Labute approximate surface area is 181 Å². The van der Waals surface area contributed by atoms with E-state index < -0.39 is 4.92 Å². The molecule has 30 heavy (non-hydrogen) atoms. The highest BCUT2D eigenvalue weighted by Crippen LogP contribution is 2.16. The Balaban J connectivity index is 1.56. The second kappa shape index (κ2) is 9.80. The number of carbonyl (C=O) groups excluding carboxylic acids is 1. The van der Waals surface area contributed by atoms with Crippen molar-refractivity contribution in [3.8, 4) is 5.75 Å². The summed E-state index contributed by atoms with van der Waals surface area (Å²) in [4.78, 5) is 22.5. The summed E-state index contributed by atoms with van der Waals surface area (Å²) in [6.07, 6.45) is 0. The first-order valence-corrected chi connectivity index (χ1v) is 9.78. The zero-order valence-corrected chi connectivity index (χ0v) is 17.6. The van der Waals surface area contributed by atoms with Crippen LogP contribution in [0.2, 0.25) is 0 Å². The molecule has 0 fully saturated rings. The lowest BCUT2D eigenvalue weighted by Crippen LogP contribution is -2.19. The van der Waals surface area contributed by atoms with E-state index >= 15 is 0 Å². The molecular formula is C22H18BrN3O4. The summed E-state index contributed by atoms with van der Waals surface area (Å²) in [5, 5.41) is 14.8. The van der Waals surface area contributed by atoms with Crippen LogP contribution in [0.5, 0.6) is 5.75 Å². The van der Waals surface area contributed by atoms with Gasteiger partial charge in [-0.25, -0.2) is 5.43 Å². The molecule has 0 aliphatic heterocycles. The highest BCUT2D eigenvalue weighted by Gasteiger charge is 2.08. The highest BCUT2D eigenvalue weighted by atomic mass is 79.9. The third-order valence-electron chi connectivity index (χ3n) is 4.26. The van der Waals surface area contributed by atoms with Crippen molar-refractivity contribution >= 4 is 33.2 Å². The van der Waals surface area contributed by atoms with Crippen molar-refractivity contribution in [2.24, 2.45) is 5.10 Å². The van der Waals surface area contributed by atoms with Crippen molar-refractivity contribution in [1.29, 1.82) is 0 Å². The molecule has 3 rings (SSSR count). The average molecular weight is 468 g/mol. The molecule has 0 aliphatic rings. The van der Waals surface area contributed by atoms with Gasteiger partial charge in [-0.1, -0.05) is 28.1 Å². The van der Waals surface area contributed by atoms with Crippen LogP contribution in [0.4, 0.5) is 5.69 Å². The lowest BCUT2D eigenvalue weighted by Gasteiger charge is -2.07. The summed E-state index contributed by atoms with van der Waals surface area (Å²) in [5.41, 5.74) is 5.17. The fourth-order valence-corrected chi connectivity index (χ4v) is 2.80. The van der Waals surface area contributed by atoms with Gasteiger partial charge in [-0.15, -0.1) is 0 Å². The first kappa shape index (κ1) is 21.2. The maximum absolute atomic E-state index is 12.3. The van der Waals surface area contributed by atoms with Crippen LogP contribution in [0.25, 0.3) is 0 Å². The molecule has 0 saturated heterocycles. The standard InChI is InChI=1S/C22H18BrN3O4/c1-15(17-4-10-20(11-5-17)26(28)29)24-25-22(27)18-6-12-21(13-7-18)30-14-16-2-8-19(23)9-3-16/h2-13H,14H2,1H3,(H,25,27). The molecule has 3 aromatic rings. The number of benzene rings is 3. The van der Waals surface area contributed by atoms with E-state index in [1.807, 2.05) is 24.3 Å². The Hall–Kier alpha value is -3.52. The summed E-state index contributed by atoms with van der Waals surface area (Å²) in [6, 6.07) is 20.5. The lowest BCUT2D eigenvalue weighted by atomic mass is 10.1. The quantitative estimate of drug-likeness (QED) is 0.297. The summed E-state index contributed by atoms with van der Waals surface area (Å²) < 4.78 is 6.73. The number of hydrazone groups is 1. The Kier molecular flexibility index (Phi) is 6.92. The number of hydrogen-bond donors (Lipinski definition) is 1. The molecule has 0 atom stereocenters. The minimum absolute atomic E-state index is 0.00183. The largest absolute Gasteiger partial charge is 0.489 e. The molecule has 1 N–H and O–H groups in total. The van der Waals surface area contributed by atoms with Crippen molar-refractivity contribution in [3.63, 3.8) is 0 Å². The van der Waals surface area contributed by atoms with Crippen molar-refractivity contribution in [3.05, 3.63) is 104 Å². The number of nitrogens with zero attached hydrogens (tertiary/aromatic N) is 2. The van der Waals surface area contributed by atoms with E-state index in [-0.39, 0.29) is 11.6 Å². The molecule has 3 aromatic carbocycles. The molecule has 1 amide bonds. The average Bonchev–Trinajstić information content (AvgIpc) is 2.77. The molecular weight excluding hydrogens is 450 g/mol. The highest BCUT2D eigenvalue weighted by molar-refractivity contribution is 9.10. The van der Waals surface area contributed by atoms with Crippen LogP contribution < -0.4 is 10.2 Å². The van der Waals surface area contributed by atoms with Gasteiger partial charge in [-0.3, -0.25) is 14.9 Å². The number of rotatable bonds is 7. The maximum atomic E-state index is 12.3. The topological polar surface area (TPSA) is 93.8 Å². The zero-order valence-electron chi connectivity index (χ0n) is 16.0. The van der Waals surface area contributed by atoms with Crippen molar-refractivity contribution < 1.29 is 14.5 Å². The van der Waals surface area contributed by atoms with Crippen LogP contribution in [0, 0.1) is 10.1 Å². The van der Waals surface area contributed by atoms with E-state index in [1.165, 1.54) is 12.1 Å². The predicted molar refractivity (Wildman–Crippen MR) is 118 cm³/mol. The van der Waals surface area contributed by atoms with Crippen LogP contribution in [0.3, 0.4) is 0 Å². The van der Waals surface area contributed by atoms with Gasteiger partial charge in [-0.05, 0) is 66.6 Å². The second-order valence-electron chi connectivity index (χ2n) is 6.38. The predicted octanol–water partition coefficient (Wildman–Crippen LogP) is 5.09. The van der Waals surface area contributed by atoms with Gasteiger partial charge in [-0.2, -0.15) is 5.10 Å². The molecule has 0 radical (unpaired) electrons. The third kappa shape index (κ3) is 5.74. The minimum Gasteiger partial charge on any atom is -0.489 e. The number of nitrogens with one attached hydrogen (secondary N) is 1. The molecule has 0 spiro atoms. The van der Waals surface area contributed by atoms with E-state index in [0.29, 0.717) is 29.2 Å². The molecule has 0 heterocycles. The summed E-state index contributed by atoms with van der Waals surface area (Å²) in [7, 11) is 0. The number of halogens is 1. The van der Waals surface area contributed by atoms with Crippen LogP contribution in [0.1, 0.15) is 28.4 Å². The van der Waals surface area contributed by atoms with E-state index in [2.05, 4.69) is 26.5 Å². The molecule has 7 nitrogen and oxygen atoms in total. The SMILES string of the molecule is CC(=NNC(=O)c1ccc(OCc2ccc(Br)cc2)cc1)c1ccc([N+](=O)[O-])cc1. The van der Waals surface area contributed by atoms with Crippen molar-refractivity contribution in [1.82, 2.24) is 5.43 Å². The normalized spacial score (nSPS) is 11.1. The zero-order chi connectivity index (χ0) is 21.5. The van der Waals surface area contributed by atoms with Crippen molar-refractivity contribution in [2.75, 3.05) is 0 Å². The monoisotopic (exact) mass is 467 g/mol. The van der Waals surface area contributed by atoms with Gasteiger partial charge in [0.05, 0.1) is 10.6 Å².